The fourth-order valence-electron chi connectivity index (χ4n) is 6.40. The van der Waals surface area contributed by atoms with Gasteiger partial charge in [0, 0.05) is 6.42 Å². The average molecular weight is 848 g/mol. The first-order chi connectivity index (χ1) is 28.5. The highest BCUT2D eigenvalue weighted by molar-refractivity contribution is 7.47. The molecule has 1 amide bonds. The Labute approximate surface area is 364 Å². The number of quaternary nitrogens is 1. The second-order valence-electron chi connectivity index (χ2n) is 17.1. The molecule has 9 heteroatoms. The third-order valence-corrected chi connectivity index (χ3v) is 11.1. The number of allylic oxidation sites excluding steroid dienone is 11. The molecule has 59 heavy (non-hydrogen) atoms. The maximum absolute atomic E-state index is 12.9. The quantitative estimate of drug-likeness (QED) is 0.0245. The number of rotatable bonds is 42. The fourth-order valence-corrected chi connectivity index (χ4v) is 7.14. The van der Waals surface area contributed by atoms with Crippen LogP contribution in [-0.2, 0) is 18.4 Å². The van der Waals surface area contributed by atoms with Gasteiger partial charge < -0.3 is 19.8 Å². The van der Waals surface area contributed by atoms with Crippen LogP contribution >= 0.6 is 7.82 Å². The zero-order chi connectivity index (χ0) is 43.6. The molecule has 342 valence electrons. The van der Waals surface area contributed by atoms with Crippen LogP contribution in [0.25, 0.3) is 0 Å². The molecular formula is C50H92N2O6P+. The molecule has 0 aromatic rings. The zero-order valence-electron chi connectivity index (χ0n) is 38.7. The number of carbonyl (C=O) groups excluding carboxylic acids is 1. The molecular weight excluding hydrogens is 756 g/mol. The number of unbranched alkanes of at least 4 members (excludes halogenated alkanes) is 19. The number of likely N-dealkylation sites (N-methyl/N-ethyl adjacent to an activating group) is 1. The number of phosphoric acid groups is 1. The Bertz CT molecular complexity index is 1190. The molecule has 0 spiro atoms. The largest absolute Gasteiger partial charge is 0.472 e. The van der Waals surface area contributed by atoms with Crippen molar-refractivity contribution in [2.75, 3.05) is 40.9 Å². The molecule has 3 N–H and O–H groups in total. The summed E-state index contributed by atoms with van der Waals surface area (Å²) in [6.45, 7) is 4.64. The van der Waals surface area contributed by atoms with E-state index in [0.717, 1.165) is 57.8 Å². The Kier molecular flexibility index (Phi) is 39.9. The number of aliphatic hydroxyl groups is 1. The van der Waals surface area contributed by atoms with Gasteiger partial charge in [0.15, 0.2) is 0 Å². The van der Waals surface area contributed by atoms with Crippen molar-refractivity contribution in [1.29, 1.82) is 0 Å². The first-order valence-electron chi connectivity index (χ1n) is 23.8. The van der Waals surface area contributed by atoms with Crippen LogP contribution in [0, 0.1) is 0 Å². The lowest BCUT2D eigenvalue weighted by Gasteiger charge is -2.25. The molecule has 3 unspecified atom stereocenters. The van der Waals surface area contributed by atoms with Gasteiger partial charge in [0.2, 0.25) is 5.91 Å². The lowest BCUT2D eigenvalue weighted by Crippen LogP contribution is -2.45. The van der Waals surface area contributed by atoms with Crippen molar-refractivity contribution in [2.45, 2.75) is 199 Å². The van der Waals surface area contributed by atoms with Gasteiger partial charge in [0.05, 0.1) is 39.9 Å². The monoisotopic (exact) mass is 848 g/mol. The van der Waals surface area contributed by atoms with Gasteiger partial charge in [-0.05, 0) is 70.6 Å². The number of hydrogen-bond donors (Lipinski definition) is 3. The number of phosphoric ester groups is 1. The van der Waals surface area contributed by atoms with Crippen molar-refractivity contribution in [1.82, 2.24) is 5.32 Å². The van der Waals surface area contributed by atoms with Crippen LogP contribution in [0.2, 0.25) is 0 Å². The van der Waals surface area contributed by atoms with Crippen LogP contribution in [0.15, 0.2) is 72.9 Å². The average Bonchev–Trinajstić information content (AvgIpc) is 3.19. The van der Waals surface area contributed by atoms with E-state index in [9.17, 15) is 19.4 Å². The third-order valence-electron chi connectivity index (χ3n) is 10.2. The predicted molar refractivity (Wildman–Crippen MR) is 253 cm³/mol. The molecule has 0 bridgehead atoms. The molecule has 0 aliphatic rings. The van der Waals surface area contributed by atoms with Crippen molar-refractivity contribution in [2.24, 2.45) is 0 Å². The number of carbonyl (C=O) groups is 1. The second-order valence-corrected chi connectivity index (χ2v) is 18.5. The SMILES string of the molecule is CC/C=C\C/C=C\C/C=C\C/C=C\CCCCC(=O)NC(COP(=O)(O)OCC[N+](C)(C)C)C(O)/C=C/CC/C=C/CCCCCCCCCCCCCCCCCC. The Balaban J connectivity index is 4.46. The van der Waals surface area contributed by atoms with Crippen molar-refractivity contribution < 1.29 is 32.9 Å². The van der Waals surface area contributed by atoms with E-state index in [1.54, 1.807) is 6.08 Å². The van der Waals surface area contributed by atoms with Gasteiger partial charge in [-0.3, -0.25) is 13.8 Å². The number of nitrogens with zero attached hydrogens (tertiary/aromatic N) is 1. The Hall–Kier alpha value is -2.06. The van der Waals surface area contributed by atoms with Gasteiger partial charge in [-0.25, -0.2) is 4.57 Å². The maximum atomic E-state index is 12.9. The van der Waals surface area contributed by atoms with Gasteiger partial charge >= 0.3 is 7.82 Å². The third kappa shape index (κ3) is 43.8. The summed E-state index contributed by atoms with van der Waals surface area (Å²) >= 11 is 0. The molecule has 0 aromatic heterocycles. The van der Waals surface area contributed by atoms with Crippen LogP contribution in [0.3, 0.4) is 0 Å². The lowest BCUT2D eigenvalue weighted by atomic mass is 10.0. The molecule has 0 aliphatic carbocycles. The van der Waals surface area contributed by atoms with Gasteiger partial charge in [-0.1, -0.05) is 183 Å². The molecule has 0 heterocycles. The van der Waals surface area contributed by atoms with Crippen molar-refractivity contribution in [3.05, 3.63) is 72.9 Å². The molecule has 0 radical (unpaired) electrons. The van der Waals surface area contributed by atoms with E-state index in [2.05, 4.69) is 79.9 Å². The minimum absolute atomic E-state index is 0.0447. The molecule has 0 saturated carbocycles. The molecule has 0 aliphatic heterocycles. The highest BCUT2D eigenvalue weighted by Gasteiger charge is 2.27. The Morgan fingerprint density at radius 3 is 1.56 bits per heavy atom. The number of aliphatic hydroxyl groups excluding tert-OH is 1. The molecule has 0 aromatic carbocycles. The summed E-state index contributed by atoms with van der Waals surface area (Å²) in [4.78, 5) is 23.1. The van der Waals surface area contributed by atoms with E-state index < -0.39 is 20.0 Å². The van der Waals surface area contributed by atoms with Gasteiger partial charge in [0.1, 0.15) is 13.2 Å². The summed E-state index contributed by atoms with van der Waals surface area (Å²) in [6.07, 6.45) is 55.6. The highest BCUT2D eigenvalue weighted by Crippen LogP contribution is 2.43. The van der Waals surface area contributed by atoms with Crippen molar-refractivity contribution >= 4 is 13.7 Å². The lowest BCUT2D eigenvalue weighted by molar-refractivity contribution is -0.870. The fraction of sp³-hybridized carbons (Fsp3) is 0.740. The molecule has 3 atom stereocenters. The molecule has 8 nitrogen and oxygen atoms in total. The molecule has 0 rings (SSSR count). The first kappa shape index (κ1) is 56.9. The standard InChI is InChI=1S/C50H91N2O6P/c1-6-8-10-12-14-16-18-20-22-23-24-25-26-27-28-30-31-33-35-37-39-41-43-49(53)48(47-58-59(55,56)57-46-45-52(3,4)5)51-50(54)44-42-40-38-36-34-32-29-21-19-17-15-13-11-9-7-2/h9,11,15,17,21,29,33-36,41,43,48-49,53H,6-8,10,12-14,16,18-20,22-28,30-32,37-40,42,44-47H2,1-5H3,(H-,51,54,55,56)/p+1/b11-9-,17-15-,29-21-,35-33+,36-34-,43-41+. The summed E-state index contributed by atoms with van der Waals surface area (Å²) in [7, 11) is 1.52. The summed E-state index contributed by atoms with van der Waals surface area (Å²) in [5, 5.41) is 13.8. The predicted octanol–water partition coefficient (Wildman–Crippen LogP) is 13.6. The number of hydrogen-bond acceptors (Lipinski definition) is 5. The second kappa shape index (κ2) is 41.3. The zero-order valence-corrected chi connectivity index (χ0v) is 39.6. The number of amides is 1. The van der Waals surface area contributed by atoms with Crippen molar-refractivity contribution in [3.63, 3.8) is 0 Å². The summed E-state index contributed by atoms with van der Waals surface area (Å²) < 4.78 is 23.5. The maximum Gasteiger partial charge on any atom is 0.472 e. The van der Waals surface area contributed by atoms with Crippen LogP contribution < -0.4 is 5.32 Å². The minimum atomic E-state index is -4.36. The van der Waals surface area contributed by atoms with E-state index in [-0.39, 0.29) is 19.1 Å². The van der Waals surface area contributed by atoms with Crippen LogP contribution in [0.1, 0.15) is 187 Å². The summed E-state index contributed by atoms with van der Waals surface area (Å²) in [5.74, 6) is -0.230. The van der Waals surface area contributed by atoms with Crippen molar-refractivity contribution in [3.8, 4) is 0 Å². The van der Waals surface area contributed by atoms with Crippen LogP contribution in [0.4, 0.5) is 0 Å². The minimum Gasteiger partial charge on any atom is -0.387 e. The Morgan fingerprint density at radius 1 is 0.593 bits per heavy atom. The molecule has 0 saturated heterocycles. The van der Waals surface area contributed by atoms with Gasteiger partial charge in [-0.2, -0.15) is 0 Å². The van der Waals surface area contributed by atoms with E-state index in [1.807, 2.05) is 27.2 Å². The number of nitrogens with one attached hydrogen (secondary N) is 1. The normalized spacial score (nSPS) is 14.9. The Morgan fingerprint density at radius 2 is 1.03 bits per heavy atom. The van der Waals surface area contributed by atoms with E-state index >= 15 is 0 Å². The topological polar surface area (TPSA) is 105 Å². The highest BCUT2D eigenvalue weighted by atomic mass is 31.2. The van der Waals surface area contributed by atoms with Gasteiger partial charge in [0.25, 0.3) is 0 Å². The van der Waals surface area contributed by atoms with Gasteiger partial charge in [-0.15, -0.1) is 0 Å². The van der Waals surface area contributed by atoms with Crippen LogP contribution in [-0.4, -0.2) is 73.4 Å². The summed E-state index contributed by atoms with van der Waals surface area (Å²) in [6, 6.07) is -0.888. The molecule has 0 fully saturated rings. The first-order valence-corrected chi connectivity index (χ1v) is 25.3. The van der Waals surface area contributed by atoms with E-state index in [0.29, 0.717) is 23.9 Å². The summed E-state index contributed by atoms with van der Waals surface area (Å²) in [5.41, 5.74) is 0. The van der Waals surface area contributed by atoms with E-state index in [4.69, 9.17) is 9.05 Å². The smallest absolute Gasteiger partial charge is 0.387 e. The van der Waals surface area contributed by atoms with E-state index in [1.165, 1.54) is 103 Å². The van der Waals surface area contributed by atoms with Crippen LogP contribution in [0.5, 0.6) is 0 Å².